The second kappa shape index (κ2) is 5.63. The number of hydrogen-bond acceptors (Lipinski definition) is 4. The molecular weight excluding hydrogens is 266 g/mol. The first kappa shape index (κ1) is 13.7. The second-order valence-corrected chi connectivity index (χ2v) is 5.56. The highest BCUT2D eigenvalue weighted by Crippen LogP contribution is 2.27. The van der Waals surface area contributed by atoms with Crippen LogP contribution in [0.1, 0.15) is 40.5 Å². The van der Waals surface area contributed by atoms with Gasteiger partial charge >= 0.3 is 0 Å². The Morgan fingerprint density at radius 2 is 2.29 bits per heavy atom. The van der Waals surface area contributed by atoms with Crippen molar-refractivity contribution in [2.45, 2.75) is 25.7 Å². The standard InChI is InChI=1S/C15H19N5O/c1-11-8-16-10-17-14(11)12-4-3-6-20(9-12)15(21)13-5-7-19(2)18-13/h5,7-8,10,12H,3-4,6,9H2,1-2H3. The number of rotatable bonds is 2. The number of hydrogen-bond donors (Lipinski definition) is 0. The number of likely N-dealkylation sites (tertiary alicyclic amines) is 1. The van der Waals surface area contributed by atoms with Crippen molar-refractivity contribution in [1.82, 2.24) is 24.6 Å². The molecule has 2 aromatic rings. The number of aromatic nitrogens is 4. The van der Waals surface area contributed by atoms with E-state index < -0.39 is 0 Å². The molecule has 0 aliphatic carbocycles. The van der Waals surface area contributed by atoms with E-state index >= 15 is 0 Å². The monoisotopic (exact) mass is 285 g/mol. The molecule has 1 amide bonds. The molecule has 1 saturated heterocycles. The molecule has 1 fully saturated rings. The van der Waals surface area contributed by atoms with E-state index in [2.05, 4.69) is 15.1 Å². The van der Waals surface area contributed by atoms with Crippen molar-refractivity contribution >= 4 is 5.91 Å². The van der Waals surface area contributed by atoms with E-state index in [9.17, 15) is 4.79 Å². The van der Waals surface area contributed by atoms with Crippen molar-refractivity contribution < 1.29 is 4.79 Å². The highest BCUT2D eigenvalue weighted by Gasteiger charge is 2.28. The van der Waals surface area contributed by atoms with Gasteiger partial charge in [-0.25, -0.2) is 9.97 Å². The van der Waals surface area contributed by atoms with Gasteiger partial charge in [-0.05, 0) is 31.4 Å². The topological polar surface area (TPSA) is 63.9 Å². The molecular formula is C15H19N5O. The molecule has 3 rings (SSSR count). The maximum absolute atomic E-state index is 12.5. The molecule has 0 N–H and O–H groups in total. The van der Waals surface area contributed by atoms with Crippen molar-refractivity contribution in [3.8, 4) is 0 Å². The molecule has 0 spiro atoms. The smallest absolute Gasteiger partial charge is 0.274 e. The normalized spacial score (nSPS) is 18.8. The van der Waals surface area contributed by atoms with E-state index in [0.717, 1.165) is 30.6 Å². The number of aryl methyl sites for hydroxylation is 2. The highest BCUT2D eigenvalue weighted by atomic mass is 16.2. The van der Waals surface area contributed by atoms with Crippen LogP contribution in [0.5, 0.6) is 0 Å². The minimum atomic E-state index is 0.00649. The van der Waals surface area contributed by atoms with E-state index in [1.54, 1.807) is 23.3 Å². The average Bonchev–Trinajstić information content (AvgIpc) is 2.94. The molecule has 6 nitrogen and oxygen atoms in total. The third kappa shape index (κ3) is 2.79. The van der Waals surface area contributed by atoms with Crippen molar-refractivity contribution in [3.05, 3.63) is 41.7 Å². The number of piperidine rings is 1. The summed E-state index contributed by atoms with van der Waals surface area (Å²) in [6.45, 7) is 3.51. The summed E-state index contributed by atoms with van der Waals surface area (Å²) in [4.78, 5) is 22.8. The van der Waals surface area contributed by atoms with Crippen LogP contribution in [0.4, 0.5) is 0 Å². The number of carbonyl (C=O) groups excluding carboxylic acids is 1. The fraction of sp³-hybridized carbons (Fsp3) is 0.467. The summed E-state index contributed by atoms with van der Waals surface area (Å²) in [5.41, 5.74) is 2.66. The predicted octanol–water partition coefficient (Wildman–Crippen LogP) is 1.54. The summed E-state index contributed by atoms with van der Waals surface area (Å²) in [5.74, 6) is 0.293. The predicted molar refractivity (Wildman–Crippen MR) is 77.9 cm³/mol. The zero-order valence-corrected chi connectivity index (χ0v) is 12.4. The lowest BCUT2D eigenvalue weighted by Crippen LogP contribution is -2.39. The Kier molecular flexibility index (Phi) is 3.68. The molecule has 0 aromatic carbocycles. The maximum atomic E-state index is 12.5. The van der Waals surface area contributed by atoms with Gasteiger partial charge in [0, 0.05) is 38.4 Å². The quantitative estimate of drug-likeness (QED) is 0.839. The zero-order valence-electron chi connectivity index (χ0n) is 12.4. The van der Waals surface area contributed by atoms with Gasteiger partial charge < -0.3 is 4.90 Å². The number of carbonyl (C=O) groups is 1. The molecule has 2 aromatic heterocycles. The average molecular weight is 285 g/mol. The number of amides is 1. The molecule has 0 saturated carbocycles. The van der Waals surface area contributed by atoms with Crippen molar-refractivity contribution in [1.29, 1.82) is 0 Å². The summed E-state index contributed by atoms with van der Waals surface area (Å²) in [5, 5.41) is 4.20. The van der Waals surface area contributed by atoms with Crippen molar-refractivity contribution in [2.24, 2.45) is 7.05 Å². The fourth-order valence-corrected chi connectivity index (χ4v) is 2.91. The Morgan fingerprint density at radius 1 is 1.43 bits per heavy atom. The molecule has 0 bridgehead atoms. The third-order valence-corrected chi connectivity index (χ3v) is 3.96. The largest absolute Gasteiger partial charge is 0.337 e. The van der Waals surface area contributed by atoms with E-state index in [-0.39, 0.29) is 11.8 Å². The summed E-state index contributed by atoms with van der Waals surface area (Å²) in [6.07, 6.45) is 7.27. The molecule has 110 valence electrons. The minimum absolute atomic E-state index is 0.00649. The van der Waals surface area contributed by atoms with Gasteiger partial charge in [0.1, 0.15) is 12.0 Å². The van der Waals surface area contributed by atoms with E-state index in [1.807, 2.05) is 25.1 Å². The first-order valence-electron chi connectivity index (χ1n) is 7.20. The lowest BCUT2D eigenvalue weighted by Gasteiger charge is -2.32. The molecule has 3 heterocycles. The molecule has 1 atom stereocenters. The summed E-state index contributed by atoms with van der Waals surface area (Å²) < 4.78 is 1.66. The Hall–Kier alpha value is -2.24. The highest BCUT2D eigenvalue weighted by molar-refractivity contribution is 5.92. The fourth-order valence-electron chi connectivity index (χ4n) is 2.91. The lowest BCUT2D eigenvalue weighted by atomic mass is 9.92. The first-order valence-corrected chi connectivity index (χ1v) is 7.20. The van der Waals surface area contributed by atoms with Crippen LogP contribution in [0.15, 0.2) is 24.8 Å². The summed E-state index contributed by atoms with van der Waals surface area (Å²) in [6, 6.07) is 1.77. The van der Waals surface area contributed by atoms with Gasteiger partial charge in [-0.1, -0.05) is 0 Å². The number of nitrogens with zero attached hydrogens (tertiary/aromatic N) is 5. The van der Waals surface area contributed by atoms with E-state index in [0.29, 0.717) is 12.2 Å². The maximum Gasteiger partial charge on any atom is 0.274 e. The van der Waals surface area contributed by atoms with Crippen molar-refractivity contribution in [3.63, 3.8) is 0 Å². The molecule has 0 radical (unpaired) electrons. The van der Waals surface area contributed by atoms with Crippen molar-refractivity contribution in [2.75, 3.05) is 13.1 Å². The molecule has 1 aliphatic heterocycles. The van der Waals surface area contributed by atoms with Gasteiger partial charge in [0.25, 0.3) is 5.91 Å². The van der Waals surface area contributed by atoms with Gasteiger partial charge in [-0.3, -0.25) is 9.48 Å². The van der Waals surface area contributed by atoms with Crippen LogP contribution in [-0.4, -0.2) is 43.6 Å². The Balaban J connectivity index is 1.77. The van der Waals surface area contributed by atoms with Gasteiger partial charge in [0.05, 0.1) is 5.69 Å². The summed E-state index contributed by atoms with van der Waals surface area (Å²) >= 11 is 0. The molecule has 1 aliphatic rings. The van der Waals surface area contributed by atoms with E-state index in [1.165, 1.54) is 0 Å². The SMILES string of the molecule is Cc1cncnc1C1CCCN(C(=O)c2ccn(C)n2)C1. The van der Waals surface area contributed by atoms with Crippen LogP contribution < -0.4 is 0 Å². The van der Waals surface area contributed by atoms with E-state index in [4.69, 9.17) is 0 Å². The minimum Gasteiger partial charge on any atom is -0.337 e. The van der Waals surface area contributed by atoms with Crippen LogP contribution in [-0.2, 0) is 7.05 Å². The first-order chi connectivity index (χ1) is 10.1. The van der Waals surface area contributed by atoms with Gasteiger partial charge in [0.2, 0.25) is 0 Å². The van der Waals surface area contributed by atoms with Crippen LogP contribution in [0.3, 0.4) is 0 Å². The Bertz CT molecular complexity index is 651. The van der Waals surface area contributed by atoms with Gasteiger partial charge in [0.15, 0.2) is 0 Å². The second-order valence-electron chi connectivity index (χ2n) is 5.56. The van der Waals surface area contributed by atoms with Crippen LogP contribution in [0.25, 0.3) is 0 Å². The van der Waals surface area contributed by atoms with Crippen LogP contribution in [0, 0.1) is 6.92 Å². The zero-order chi connectivity index (χ0) is 14.8. The third-order valence-electron chi connectivity index (χ3n) is 3.96. The van der Waals surface area contributed by atoms with Gasteiger partial charge in [-0.15, -0.1) is 0 Å². The Morgan fingerprint density at radius 3 is 3.00 bits per heavy atom. The molecule has 6 heteroatoms. The summed E-state index contributed by atoms with van der Waals surface area (Å²) in [7, 11) is 1.82. The Labute approximate surface area is 123 Å². The van der Waals surface area contributed by atoms with Gasteiger partial charge in [-0.2, -0.15) is 5.10 Å². The lowest BCUT2D eigenvalue weighted by molar-refractivity contribution is 0.0699. The van der Waals surface area contributed by atoms with Crippen LogP contribution in [0.2, 0.25) is 0 Å². The molecule has 21 heavy (non-hydrogen) atoms. The molecule has 1 unspecified atom stereocenters. The van der Waals surface area contributed by atoms with Crippen LogP contribution >= 0.6 is 0 Å².